The number of ether oxygens (including phenoxy) is 2. The molecule has 9 heteroatoms. The fourth-order valence-corrected chi connectivity index (χ4v) is 3.55. The van der Waals surface area contributed by atoms with Gasteiger partial charge in [-0.3, -0.25) is 4.79 Å². The summed E-state index contributed by atoms with van der Waals surface area (Å²) in [6.07, 6.45) is -3.85. The second kappa shape index (κ2) is 11.0. The Hall–Kier alpha value is -3.66. The fourth-order valence-electron chi connectivity index (χ4n) is 3.55. The number of benzene rings is 2. The van der Waals surface area contributed by atoms with Crippen LogP contribution in [0.2, 0.25) is 0 Å². The number of nitrogens with two attached hydrogens (primary N) is 1. The molecular weight excluding hydrogens is 439 g/mol. The van der Waals surface area contributed by atoms with E-state index in [4.69, 9.17) is 15.2 Å². The van der Waals surface area contributed by atoms with Crippen LogP contribution in [-0.4, -0.2) is 50.5 Å². The van der Waals surface area contributed by atoms with Crippen molar-refractivity contribution in [2.24, 2.45) is 0 Å². The van der Waals surface area contributed by atoms with Gasteiger partial charge in [-0.2, -0.15) is 5.10 Å². The number of nitrogens with zero attached hydrogens (tertiary/aromatic N) is 3. The summed E-state index contributed by atoms with van der Waals surface area (Å²) >= 11 is 0. The fraction of sp³-hybridized carbons (Fsp3) is 0.240. The maximum absolute atomic E-state index is 15.6. The third kappa shape index (κ3) is 5.45. The van der Waals surface area contributed by atoms with E-state index in [-0.39, 0.29) is 31.3 Å². The standard InChI is InChI=1S/C25H25FN4O4/c26-22(23(32)19-11-12-20-25(27)28-16-29-30(19)20)24(34-14-18-9-5-2-6-10-18)21(31)15-33-13-17-7-3-1-4-8-17/h1-12,16,21-22,24,31H,13-15H2,(H2,27,28,29). The molecule has 8 nitrogen and oxygen atoms in total. The predicted molar refractivity (Wildman–Crippen MR) is 124 cm³/mol. The lowest BCUT2D eigenvalue weighted by atomic mass is 10.0. The van der Waals surface area contributed by atoms with Crippen molar-refractivity contribution in [3.63, 3.8) is 0 Å². The molecular formula is C25H25FN4O4. The number of fused-ring (bicyclic) bond motifs is 1. The van der Waals surface area contributed by atoms with Gasteiger partial charge in [0.25, 0.3) is 0 Å². The molecule has 4 aromatic rings. The Labute approximate surface area is 195 Å². The average molecular weight is 464 g/mol. The molecule has 3 N–H and O–H groups in total. The zero-order valence-corrected chi connectivity index (χ0v) is 18.3. The Balaban J connectivity index is 1.50. The van der Waals surface area contributed by atoms with Crippen LogP contribution in [0.3, 0.4) is 0 Å². The van der Waals surface area contributed by atoms with Crippen LogP contribution in [0.4, 0.5) is 10.2 Å². The minimum absolute atomic E-state index is 0.0129. The molecule has 0 amide bonds. The second-order valence-electron chi connectivity index (χ2n) is 7.76. The topological polar surface area (TPSA) is 112 Å². The van der Waals surface area contributed by atoms with Gasteiger partial charge in [0.05, 0.1) is 19.8 Å². The van der Waals surface area contributed by atoms with Gasteiger partial charge in [-0.15, -0.1) is 0 Å². The SMILES string of the molecule is Nc1ncnn2c(C(=O)C(F)C(OCc3ccccc3)C(O)COCc3ccccc3)ccc12. The van der Waals surface area contributed by atoms with Crippen LogP contribution in [-0.2, 0) is 22.7 Å². The lowest BCUT2D eigenvalue weighted by molar-refractivity contribution is -0.102. The van der Waals surface area contributed by atoms with E-state index in [2.05, 4.69) is 10.1 Å². The van der Waals surface area contributed by atoms with Crippen LogP contribution < -0.4 is 5.73 Å². The number of carbonyl (C=O) groups is 1. The van der Waals surface area contributed by atoms with E-state index >= 15 is 4.39 Å². The number of Topliss-reactive ketones (excluding diaryl/α,β-unsaturated/α-hetero) is 1. The average Bonchev–Trinajstić information content (AvgIpc) is 3.30. The van der Waals surface area contributed by atoms with Gasteiger partial charge in [0.2, 0.25) is 5.78 Å². The number of rotatable bonds is 11. The lowest BCUT2D eigenvalue weighted by Crippen LogP contribution is -2.44. The third-order valence-corrected chi connectivity index (χ3v) is 5.34. The van der Waals surface area contributed by atoms with Gasteiger partial charge >= 0.3 is 0 Å². The summed E-state index contributed by atoms with van der Waals surface area (Å²) in [6, 6.07) is 21.4. The summed E-state index contributed by atoms with van der Waals surface area (Å²) in [6.45, 7) is 0.0266. The molecule has 0 spiro atoms. The van der Waals surface area contributed by atoms with E-state index in [1.165, 1.54) is 23.0 Å². The number of aliphatic hydroxyl groups excluding tert-OH is 1. The number of aromatic nitrogens is 3. The van der Waals surface area contributed by atoms with E-state index in [9.17, 15) is 9.90 Å². The van der Waals surface area contributed by atoms with Crippen LogP contribution in [0.15, 0.2) is 79.1 Å². The molecule has 2 aromatic carbocycles. The molecule has 3 atom stereocenters. The van der Waals surface area contributed by atoms with Gasteiger partial charge in [0.15, 0.2) is 12.0 Å². The highest BCUT2D eigenvalue weighted by Gasteiger charge is 2.37. The Bertz CT molecular complexity index is 1220. The molecule has 2 aromatic heterocycles. The molecule has 0 aliphatic rings. The Morgan fingerprint density at radius 2 is 1.65 bits per heavy atom. The minimum atomic E-state index is -2.17. The van der Waals surface area contributed by atoms with Gasteiger partial charge in [0, 0.05) is 0 Å². The summed E-state index contributed by atoms with van der Waals surface area (Å²) in [4.78, 5) is 16.9. The van der Waals surface area contributed by atoms with Crippen molar-refractivity contribution in [3.05, 3.63) is 95.9 Å². The maximum atomic E-state index is 15.6. The number of carbonyl (C=O) groups excluding carboxylic acids is 1. The Morgan fingerprint density at radius 1 is 1.00 bits per heavy atom. The number of nitrogen functional groups attached to an aromatic ring is 1. The highest BCUT2D eigenvalue weighted by Crippen LogP contribution is 2.20. The monoisotopic (exact) mass is 464 g/mol. The van der Waals surface area contributed by atoms with E-state index < -0.39 is 24.2 Å². The lowest BCUT2D eigenvalue weighted by Gasteiger charge is -2.26. The van der Waals surface area contributed by atoms with Crippen molar-refractivity contribution in [1.82, 2.24) is 14.6 Å². The molecule has 176 valence electrons. The third-order valence-electron chi connectivity index (χ3n) is 5.34. The zero-order valence-electron chi connectivity index (χ0n) is 18.3. The van der Waals surface area contributed by atoms with Crippen molar-refractivity contribution < 1.29 is 23.8 Å². The number of hydrogen-bond donors (Lipinski definition) is 2. The van der Waals surface area contributed by atoms with Crippen LogP contribution in [0.25, 0.3) is 5.52 Å². The van der Waals surface area contributed by atoms with E-state index in [1.807, 2.05) is 60.7 Å². The molecule has 34 heavy (non-hydrogen) atoms. The maximum Gasteiger partial charge on any atom is 0.218 e. The van der Waals surface area contributed by atoms with E-state index in [1.54, 1.807) is 0 Å². The van der Waals surface area contributed by atoms with Crippen molar-refractivity contribution in [1.29, 1.82) is 0 Å². The number of alkyl halides is 1. The predicted octanol–water partition coefficient (Wildman–Crippen LogP) is 3.00. The molecule has 0 bridgehead atoms. The van der Waals surface area contributed by atoms with Gasteiger partial charge in [0.1, 0.15) is 29.7 Å². The normalized spacial score (nSPS) is 14.1. The zero-order chi connectivity index (χ0) is 23.9. The number of aliphatic hydroxyl groups is 1. The first-order chi connectivity index (χ1) is 16.5. The smallest absolute Gasteiger partial charge is 0.218 e. The molecule has 3 unspecified atom stereocenters. The summed E-state index contributed by atoms with van der Waals surface area (Å²) in [5.41, 5.74) is 7.85. The largest absolute Gasteiger partial charge is 0.388 e. The molecule has 2 heterocycles. The number of halogens is 1. The molecule has 0 fully saturated rings. The van der Waals surface area contributed by atoms with E-state index in [0.717, 1.165) is 11.1 Å². The van der Waals surface area contributed by atoms with Gasteiger partial charge < -0.3 is 20.3 Å². The second-order valence-corrected chi connectivity index (χ2v) is 7.76. The van der Waals surface area contributed by atoms with Gasteiger partial charge in [-0.25, -0.2) is 13.9 Å². The van der Waals surface area contributed by atoms with Crippen LogP contribution >= 0.6 is 0 Å². The van der Waals surface area contributed by atoms with Crippen molar-refractivity contribution in [3.8, 4) is 0 Å². The number of anilines is 1. The molecule has 4 rings (SSSR count). The molecule has 0 saturated heterocycles. The Kier molecular flexibility index (Phi) is 7.58. The highest BCUT2D eigenvalue weighted by atomic mass is 19.1. The Morgan fingerprint density at radius 3 is 2.32 bits per heavy atom. The molecule has 0 radical (unpaired) electrons. The number of ketones is 1. The number of hydrogen-bond acceptors (Lipinski definition) is 7. The summed E-state index contributed by atoms with van der Waals surface area (Å²) < 4.78 is 28.1. The molecule has 0 aliphatic carbocycles. The quantitative estimate of drug-likeness (QED) is 0.328. The molecule has 0 saturated carbocycles. The van der Waals surface area contributed by atoms with Gasteiger partial charge in [-0.1, -0.05) is 60.7 Å². The molecule has 0 aliphatic heterocycles. The highest BCUT2D eigenvalue weighted by molar-refractivity contribution is 5.99. The van der Waals surface area contributed by atoms with Gasteiger partial charge in [-0.05, 0) is 23.3 Å². The minimum Gasteiger partial charge on any atom is -0.388 e. The van der Waals surface area contributed by atoms with E-state index in [0.29, 0.717) is 5.52 Å². The van der Waals surface area contributed by atoms with Crippen molar-refractivity contribution in [2.45, 2.75) is 31.6 Å². The summed E-state index contributed by atoms with van der Waals surface area (Å²) in [7, 11) is 0. The first kappa shape index (κ1) is 23.5. The summed E-state index contributed by atoms with van der Waals surface area (Å²) in [5.74, 6) is -0.728. The van der Waals surface area contributed by atoms with Crippen LogP contribution in [0.1, 0.15) is 21.6 Å². The van der Waals surface area contributed by atoms with Crippen molar-refractivity contribution in [2.75, 3.05) is 12.3 Å². The van der Waals surface area contributed by atoms with Crippen LogP contribution in [0.5, 0.6) is 0 Å². The van der Waals surface area contributed by atoms with Crippen LogP contribution in [0, 0.1) is 0 Å². The van der Waals surface area contributed by atoms with Crippen molar-refractivity contribution >= 4 is 17.1 Å². The summed E-state index contributed by atoms with van der Waals surface area (Å²) in [5, 5.41) is 14.7. The first-order valence-electron chi connectivity index (χ1n) is 10.8. The first-order valence-corrected chi connectivity index (χ1v) is 10.8.